The average molecular weight is 423 g/mol. The second kappa shape index (κ2) is 9.88. The Hall–Kier alpha value is -2.68. The summed E-state index contributed by atoms with van der Waals surface area (Å²) < 4.78 is 12.1. The average Bonchev–Trinajstić information content (AvgIpc) is 2.70. The third-order valence-corrected chi connectivity index (χ3v) is 9.89. The second-order valence-electron chi connectivity index (χ2n) is 8.74. The molecule has 0 spiro atoms. The largest absolute Gasteiger partial charge is 0.443 e. The SMILES string of the molecule is CC(O[Si](C)(C)C(C)(C)C)C(C#CC(=O)c1ccccc1)OC(=O)c1ccccc1. The fourth-order valence-electron chi connectivity index (χ4n) is 2.50. The Labute approximate surface area is 180 Å². The number of hydrogen-bond acceptors (Lipinski definition) is 4. The minimum atomic E-state index is -2.13. The van der Waals surface area contributed by atoms with Gasteiger partial charge in [-0.2, -0.15) is 0 Å². The molecule has 0 aliphatic rings. The van der Waals surface area contributed by atoms with Crippen molar-refractivity contribution in [2.24, 2.45) is 0 Å². The highest BCUT2D eigenvalue weighted by atomic mass is 28.4. The molecule has 2 aromatic carbocycles. The van der Waals surface area contributed by atoms with Gasteiger partial charge in [-0.15, -0.1) is 0 Å². The van der Waals surface area contributed by atoms with Gasteiger partial charge in [-0.25, -0.2) is 4.79 Å². The Morgan fingerprint density at radius 2 is 1.40 bits per heavy atom. The molecule has 0 saturated heterocycles. The highest BCUT2D eigenvalue weighted by molar-refractivity contribution is 6.74. The van der Waals surface area contributed by atoms with E-state index in [4.69, 9.17) is 9.16 Å². The second-order valence-corrected chi connectivity index (χ2v) is 13.5. The van der Waals surface area contributed by atoms with Gasteiger partial charge in [0.25, 0.3) is 0 Å². The lowest BCUT2D eigenvalue weighted by molar-refractivity contribution is 0.0121. The van der Waals surface area contributed by atoms with Crippen LogP contribution in [0.2, 0.25) is 18.1 Å². The number of carbonyl (C=O) groups is 2. The van der Waals surface area contributed by atoms with Crippen LogP contribution in [0.3, 0.4) is 0 Å². The van der Waals surface area contributed by atoms with Crippen molar-refractivity contribution in [2.75, 3.05) is 0 Å². The van der Waals surface area contributed by atoms with Gasteiger partial charge in [0.05, 0.1) is 11.7 Å². The lowest BCUT2D eigenvalue weighted by Gasteiger charge is -2.39. The van der Waals surface area contributed by atoms with Crippen molar-refractivity contribution in [1.82, 2.24) is 0 Å². The maximum atomic E-state index is 12.6. The zero-order valence-electron chi connectivity index (χ0n) is 18.6. The van der Waals surface area contributed by atoms with Gasteiger partial charge in [0.1, 0.15) is 0 Å². The number of benzene rings is 2. The molecule has 5 heteroatoms. The maximum Gasteiger partial charge on any atom is 0.339 e. The molecular formula is C25H30O4Si. The minimum absolute atomic E-state index is 0.0114. The van der Waals surface area contributed by atoms with Crippen molar-refractivity contribution in [2.45, 2.75) is 58.0 Å². The highest BCUT2D eigenvalue weighted by Crippen LogP contribution is 2.37. The normalized spacial score (nSPS) is 13.5. The molecule has 0 radical (unpaired) electrons. The molecule has 158 valence electrons. The fraction of sp³-hybridized carbons (Fsp3) is 0.360. The van der Waals surface area contributed by atoms with Crippen LogP contribution < -0.4 is 0 Å². The lowest BCUT2D eigenvalue weighted by atomic mass is 10.1. The van der Waals surface area contributed by atoms with Gasteiger partial charge in [-0.05, 0) is 49.0 Å². The molecule has 0 saturated carbocycles. The van der Waals surface area contributed by atoms with E-state index in [9.17, 15) is 9.59 Å². The van der Waals surface area contributed by atoms with Crippen LogP contribution in [0, 0.1) is 11.8 Å². The van der Waals surface area contributed by atoms with Crippen molar-refractivity contribution in [1.29, 1.82) is 0 Å². The summed E-state index contributed by atoms with van der Waals surface area (Å²) in [5, 5.41) is -0.0114. The van der Waals surface area contributed by atoms with Crippen molar-refractivity contribution < 1.29 is 18.8 Å². The van der Waals surface area contributed by atoms with Gasteiger partial charge < -0.3 is 9.16 Å². The number of hydrogen-bond donors (Lipinski definition) is 0. The molecule has 2 aromatic rings. The molecular weight excluding hydrogens is 392 g/mol. The number of ketones is 1. The molecule has 2 atom stereocenters. The van der Waals surface area contributed by atoms with Crippen LogP contribution >= 0.6 is 0 Å². The first-order valence-corrected chi connectivity index (χ1v) is 13.0. The molecule has 0 fully saturated rings. The lowest BCUT2D eigenvalue weighted by Crippen LogP contribution is -2.46. The first-order valence-electron chi connectivity index (χ1n) is 10.1. The van der Waals surface area contributed by atoms with E-state index in [1.807, 2.05) is 19.1 Å². The van der Waals surface area contributed by atoms with Crippen molar-refractivity contribution >= 4 is 20.1 Å². The van der Waals surface area contributed by atoms with E-state index in [2.05, 4.69) is 45.7 Å². The van der Waals surface area contributed by atoms with Gasteiger partial charge in [0, 0.05) is 5.56 Å². The standard InChI is InChI=1S/C25H30O4Si/c1-19(29-30(5,6)25(2,3)4)23(28-24(27)21-15-11-8-12-16-21)18-17-22(26)20-13-9-7-10-14-20/h7-16,19,23H,1-6H3. The number of ether oxygens (including phenoxy) is 1. The van der Waals surface area contributed by atoms with Gasteiger partial charge in [0.15, 0.2) is 14.4 Å². The van der Waals surface area contributed by atoms with Crippen molar-refractivity contribution in [3.05, 3.63) is 71.8 Å². The molecule has 0 amide bonds. The summed E-state index contributed by atoms with van der Waals surface area (Å²) in [5.74, 6) is 4.66. The minimum Gasteiger partial charge on any atom is -0.443 e. The van der Waals surface area contributed by atoms with Gasteiger partial charge in [0.2, 0.25) is 5.78 Å². The molecule has 0 N–H and O–H groups in total. The number of Topliss-reactive ketones (excluding diaryl/α,β-unsaturated/α-hetero) is 1. The highest BCUT2D eigenvalue weighted by Gasteiger charge is 2.40. The zero-order chi connectivity index (χ0) is 22.4. The van der Waals surface area contributed by atoms with E-state index in [0.29, 0.717) is 11.1 Å². The predicted octanol–water partition coefficient (Wildman–Crippen LogP) is 5.51. The molecule has 2 unspecified atom stereocenters. The summed E-state index contributed by atoms with van der Waals surface area (Å²) in [6, 6.07) is 17.5. The first-order chi connectivity index (χ1) is 14.0. The quantitative estimate of drug-likeness (QED) is 0.203. The first kappa shape index (κ1) is 23.6. The maximum absolute atomic E-state index is 12.6. The van der Waals surface area contributed by atoms with E-state index < -0.39 is 26.5 Å². The number of carbonyl (C=O) groups excluding carboxylic acids is 2. The Kier molecular flexibility index (Phi) is 7.77. The predicted molar refractivity (Wildman–Crippen MR) is 122 cm³/mol. The molecule has 4 nitrogen and oxygen atoms in total. The third-order valence-electron chi connectivity index (χ3n) is 5.32. The van der Waals surface area contributed by atoms with Crippen LogP contribution in [0.5, 0.6) is 0 Å². The van der Waals surface area contributed by atoms with Crippen LogP contribution in [0.25, 0.3) is 0 Å². The Bertz CT molecular complexity index is 918. The van der Waals surface area contributed by atoms with E-state index in [0.717, 1.165) is 0 Å². The summed E-state index contributed by atoms with van der Waals surface area (Å²) >= 11 is 0. The summed E-state index contributed by atoms with van der Waals surface area (Å²) in [4.78, 5) is 25.0. The van der Waals surface area contributed by atoms with E-state index in [-0.39, 0.29) is 10.8 Å². The Balaban J connectivity index is 2.27. The molecule has 0 bridgehead atoms. The van der Waals surface area contributed by atoms with Crippen LogP contribution in [0.15, 0.2) is 60.7 Å². The summed E-state index contributed by atoms with van der Waals surface area (Å²) in [7, 11) is -2.13. The summed E-state index contributed by atoms with van der Waals surface area (Å²) in [5.41, 5.74) is 0.925. The molecule has 0 aliphatic heterocycles. The monoisotopic (exact) mass is 422 g/mol. The Morgan fingerprint density at radius 3 is 1.90 bits per heavy atom. The summed E-state index contributed by atoms with van der Waals surface area (Å²) in [6.07, 6.45) is -1.34. The van der Waals surface area contributed by atoms with Crippen molar-refractivity contribution in [3.8, 4) is 11.8 Å². The topological polar surface area (TPSA) is 52.6 Å². The smallest absolute Gasteiger partial charge is 0.339 e. The number of esters is 1. The number of rotatable bonds is 6. The molecule has 2 rings (SSSR count). The van der Waals surface area contributed by atoms with Crippen LogP contribution in [0.1, 0.15) is 48.4 Å². The van der Waals surface area contributed by atoms with Crippen LogP contribution in [0.4, 0.5) is 0 Å². The molecule has 30 heavy (non-hydrogen) atoms. The van der Waals surface area contributed by atoms with Gasteiger partial charge in [-0.3, -0.25) is 4.79 Å². The van der Waals surface area contributed by atoms with Gasteiger partial charge in [-0.1, -0.05) is 69.3 Å². The Morgan fingerprint density at radius 1 is 0.900 bits per heavy atom. The molecule has 0 aromatic heterocycles. The van der Waals surface area contributed by atoms with Crippen molar-refractivity contribution in [3.63, 3.8) is 0 Å². The zero-order valence-corrected chi connectivity index (χ0v) is 19.6. The van der Waals surface area contributed by atoms with Gasteiger partial charge >= 0.3 is 5.97 Å². The van der Waals surface area contributed by atoms with Crippen LogP contribution in [-0.2, 0) is 9.16 Å². The van der Waals surface area contributed by atoms with E-state index >= 15 is 0 Å². The van der Waals surface area contributed by atoms with E-state index in [1.54, 1.807) is 48.5 Å². The molecule has 0 aliphatic carbocycles. The van der Waals surface area contributed by atoms with E-state index in [1.165, 1.54) is 0 Å². The molecule has 0 heterocycles. The summed E-state index contributed by atoms with van der Waals surface area (Å²) in [6.45, 7) is 12.5. The van der Waals surface area contributed by atoms with Crippen LogP contribution in [-0.4, -0.2) is 32.3 Å². The fourth-order valence-corrected chi connectivity index (χ4v) is 3.91. The third kappa shape index (κ3) is 6.41.